The van der Waals surface area contributed by atoms with Gasteiger partial charge in [0, 0.05) is 18.0 Å². The van der Waals surface area contributed by atoms with E-state index >= 15 is 4.39 Å². The molecule has 0 heterocycles. The quantitative estimate of drug-likeness (QED) is 0.155. The van der Waals surface area contributed by atoms with Crippen molar-refractivity contribution in [2.24, 2.45) is 5.41 Å². The van der Waals surface area contributed by atoms with E-state index < -0.39 is 47.7 Å². The van der Waals surface area contributed by atoms with Crippen molar-refractivity contribution in [3.63, 3.8) is 0 Å². The second kappa shape index (κ2) is 15.7. The second-order valence-corrected chi connectivity index (χ2v) is 13.3. The predicted octanol–water partition coefficient (Wildman–Crippen LogP) is 9.13. The highest BCUT2D eigenvalue weighted by atomic mass is 19.4. The van der Waals surface area contributed by atoms with E-state index in [1.54, 1.807) is 30.3 Å². The number of rotatable bonds is 13. The summed E-state index contributed by atoms with van der Waals surface area (Å²) in [6, 6.07) is 15.5. The van der Waals surface area contributed by atoms with Crippen LogP contribution in [0, 0.1) is 11.2 Å². The summed E-state index contributed by atoms with van der Waals surface area (Å²) in [6.45, 7) is 10.1. The summed E-state index contributed by atoms with van der Waals surface area (Å²) in [5.41, 5.74) is 4.98. The van der Waals surface area contributed by atoms with Crippen LogP contribution in [0.3, 0.4) is 0 Å². The number of aliphatic carboxylic acids is 1. The molecule has 7 nitrogen and oxygen atoms in total. The van der Waals surface area contributed by atoms with E-state index in [4.69, 9.17) is 5.11 Å². The van der Waals surface area contributed by atoms with Crippen LogP contribution < -0.4 is 15.4 Å². The molecular weight excluding hydrogens is 652 g/mol. The number of ether oxygens (including phenoxy) is 1. The SMILES string of the molecule is CCC[C@H](c1ccc(C(=O)NCCC(=O)O)cc1)[C@@H](NC(=O)c1ccc(C2=C(C)C=C(C)CC2(C)C)cc1F)c1ccc(OC(F)(F)F)cc1. The van der Waals surface area contributed by atoms with Crippen LogP contribution in [0.25, 0.3) is 5.57 Å². The van der Waals surface area contributed by atoms with Crippen molar-refractivity contribution in [2.75, 3.05) is 6.54 Å². The molecule has 4 rings (SSSR count). The molecule has 11 heteroatoms. The van der Waals surface area contributed by atoms with Crippen molar-refractivity contribution < 1.29 is 41.8 Å². The van der Waals surface area contributed by atoms with Gasteiger partial charge in [-0.25, -0.2) is 4.39 Å². The molecule has 0 bridgehead atoms. The number of benzene rings is 3. The molecule has 0 radical (unpaired) electrons. The summed E-state index contributed by atoms with van der Waals surface area (Å²) < 4.78 is 58.5. The van der Waals surface area contributed by atoms with Crippen molar-refractivity contribution in [1.29, 1.82) is 0 Å². The van der Waals surface area contributed by atoms with Gasteiger partial charge in [0.1, 0.15) is 11.6 Å². The van der Waals surface area contributed by atoms with Crippen LogP contribution in [0.4, 0.5) is 17.6 Å². The Morgan fingerprint density at radius 3 is 2.14 bits per heavy atom. The van der Waals surface area contributed by atoms with Gasteiger partial charge in [-0.1, -0.05) is 69.2 Å². The van der Waals surface area contributed by atoms with E-state index in [0.717, 1.165) is 35.3 Å². The molecule has 0 saturated heterocycles. The lowest BCUT2D eigenvalue weighted by Gasteiger charge is -2.34. The fourth-order valence-corrected chi connectivity index (χ4v) is 6.90. The topological polar surface area (TPSA) is 105 Å². The fraction of sp³-hybridized carbons (Fsp3) is 0.359. The third-order valence-corrected chi connectivity index (χ3v) is 8.74. The summed E-state index contributed by atoms with van der Waals surface area (Å²) >= 11 is 0. The second-order valence-electron chi connectivity index (χ2n) is 13.3. The van der Waals surface area contributed by atoms with Gasteiger partial charge in [0.25, 0.3) is 11.8 Å². The molecule has 0 spiro atoms. The van der Waals surface area contributed by atoms with E-state index in [2.05, 4.69) is 42.2 Å². The molecule has 2 amide bonds. The van der Waals surface area contributed by atoms with Gasteiger partial charge in [0.05, 0.1) is 18.0 Å². The average Bonchev–Trinajstić information content (AvgIpc) is 3.01. The molecule has 3 N–H and O–H groups in total. The summed E-state index contributed by atoms with van der Waals surface area (Å²) in [5, 5.41) is 14.3. The Morgan fingerprint density at radius 2 is 1.58 bits per heavy atom. The Hall–Kier alpha value is -4.93. The van der Waals surface area contributed by atoms with E-state index in [9.17, 15) is 27.6 Å². The van der Waals surface area contributed by atoms with Gasteiger partial charge in [-0.15, -0.1) is 13.2 Å². The molecule has 266 valence electrons. The van der Waals surface area contributed by atoms with Crippen molar-refractivity contribution in [1.82, 2.24) is 10.6 Å². The highest BCUT2D eigenvalue weighted by Gasteiger charge is 2.33. The number of nitrogens with one attached hydrogen (secondary N) is 2. The zero-order valence-electron chi connectivity index (χ0n) is 28.7. The maximum absolute atomic E-state index is 15.8. The number of carbonyl (C=O) groups is 3. The lowest BCUT2D eigenvalue weighted by atomic mass is 9.70. The Morgan fingerprint density at radius 1 is 0.940 bits per heavy atom. The van der Waals surface area contributed by atoms with Crippen molar-refractivity contribution >= 4 is 23.4 Å². The molecule has 1 aliphatic rings. The molecule has 0 saturated carbocycles. The number of amides is 2. The van der Waals surface area contributed by atoms with Crippen molar-refractivity contribution in [2.45, 2.75) is 78.6 Å². The molecule has 0 aromatic heterocycles. The fourth-order valence-electron chi connectivity index (χ4n) is 6.90. The lowest BCUT2D eigenvalue weighted by Crippen LogP contribution is -2.33. The van der Waals surface area contributed by atoms with Crippen LogP contribution in [0.2, 0.25) is 0 Å². The number of carboxylic acid groups (broad SMARTS) is 1. The first-order valence-electron chi connectivity index (χ1n) is 16.4. The first-order valence-corrected chi connectivity index (χ1v) is 16.4. The molecule has 50 heavy (non-hydrogen) atoms. The number of carboxylic acids is 1. The first-order chi connectivity index (χ1) is 23.5. The highest BCUT2D eigenvalue weighted by Crippen LogP contribution is 2.45. The minimum Gasteiger partial charge on any atom is -0.481 e. The molecular formula is C39H42F4N2O5. The summed E-state index contributed by atoms with van der Waals surface area (Å²) in [6.07, 6.45) is -1.04. The van der Waals surface area contributed by atoms with Crippen LogP contribution in [0.5, 0.6) is 5.75 Å². The molecule has 3 aromatic rings. The minimum atomic E-state index is -4.89. The summed E-state index contributed by atoms with van der Waals surface area (Å²) in [5.74, 6) is -3.77. The Labute approximate surface area is 289 Å². The van der Waals surface area contributed by atoms with E-state index in [1.165, 1.54) is 29.8 Å². The van der Waals surface area contributed by atoms with E-state index in [1.807, 2.05) is 13.8 Å². The van der Waals surface area contributed by atoms with Gasteiger partial charge in [-0.2, -0.15) is 0 Å². The third kappa shape index (κ3) is 9.61. The van der Waals surface area contributed by atoms with Crippen molar-refractivity contribution in [3.8, 4) is 5.75 Å². The predicted molar refractivity (Wildman–Crippen MR) is 183 cm³/mol. The van der Waals surface area contributed by atoms with Gasteiger partial charge in [0.15, 0.2) is 0 Å². The van der Waals surface area contributed by atoms with Gasteiger partial charge < -0.3 is 20.5 Å². The maximum Gasteiger partial charge on any atom is 0.573 e. The van der Waals surface area contributed by atoms with Crippen LogP contribution in [0.15, 0.2) is 84.0 Å². The maximum atomic E-state index is 15.8. The average molecular weight is 695 g/mol. The van der Waals surface area contributed by atoms with Crippen LogP contribution in [-0.4, -0.2) is 35.8 Å². The van der Waals surface area contributed by atoms with Crippen molar-refractivity contribution in [3.05, 3.63) is 118 Å². The molecule has 0 fully saturated rings. The standard InChI is InChI=1S/C39H42F4N2O5/c1-6-7-30(25-8-10-27(11-9-25)36(48)44-19-18-33(46)47)35(26-12-15-29(16-13-26)50-39(41,42)43)45-37(49)31-17-14-28(21-32(31)40)34-24(3)20-23(2)22-38(34,4)5/h8-17,20-21,30,35H,6-7,18-19,22H2,1-5H3,(H,44,48)(H,45,49)(H,46,47)/t30-,35+/m1/s1. The first kappa shape index (κ1) is 37.9. The molecule has 3 aromatic carbocycles. The highest BCUT2D eigenvalue weighted by molar-refractivity contribution is 5.96. The van der Waals surface area contributed by atoms with Crippen LogP contribution in [-0.2, 0) is 4.79 Å². The zero-order valence-corrected chi connectivity index (χ0v) is 28.7. The number of hydrogen-bond donors (Lipinski definition) is 3. The minimum absolute atomic E-state index is 0.0419. The van der Waals surface area contributed by atoms with Gasteiger partial charge >= 0.3 is 12.3 Å². The number of alkyl halides is 3. The largest absolute Gasteiger partial charge is 0.573 e. The number of halogens is 4. The Bertz CT molecular complexity index is 1780. The Balaban J connectivity index is 1.68. The van der Waals surface area contributed by atoms with Gasteiger partial charge in [0.2, 0.25) is 0 Å². The monoisotopic (exact) mass is 694 g/mol. The molecule has 0 unspecified atom stereocenters. The van der Waals surface area contributed by atoms with Gasteiger partial charge in [-0.05, 0) is 96.3 Å². The zero-order chi connectivity index (χ0) is 36.8. The Kier molecular flexibility index (Phi) is 11.9. The number of carbonyl (C=O) groups excluding carboxylic acids is 2. The normalized spacial score (nSPS) is 15.5. The summed E-state index contributed by atoms with van der Waals surface area (Å²) in [4.78, 5) is 37.2. The summed E-state index contributed by atoms with van der Waals surface area (Å²) in [7, 11) is 0. The van der Waals surface area contributed by atoms with Crippen LogP contribution >= 0.6 is 0 Å². The number of allylic oxidation sites excluding steroid dienone is 4. The van der Waals surface area contributed by atoms with E-state index in [0.29, 0.717) is 29.5 Å². The number of hydrogen-bond acceptors (Lipinski definition) is 4. The molecule has 2 atom stereocenters. The third-order valence-electron chi connectivity index (χ3n) is 8.74. The van der Waals surface area contributed by atoms with Crippen LogP contribution in [0.1, 0.15) is 110 Å². The van der Waals surface area contributed by atoms with E-state index in [-0.39, 0.29) is 23.9 Å². The lowest BCUT2D eigenvalue weighted by molar-refractivity contribution is -0.274. The van der Waals surface area contributed by atoms with Gasteiger partial charge in [-0.3, -0.25) is 14.4 Å². The smallest absolute Gasteiger partial charge is 0.481 e. The molecule has 1 aliphatic carbocycles. The molecule has 0 aliphatic heterocycles.